The van der Waals surface area contributed by atoms with Gasteiger partial charge in [0.25, 0.3) is 11.2 Å². The summed E-state index contributed by atoms with van der Waals surface area (Å²) in [7, 11) is 3.31. The number of aromatic nitrogens is 2. The number of fused-ring (bicyclic) bond motifs is 1. The summed E-state index contributed by atoms with van der Waals surface area (Å²) < 4.78 is 14.3. The van der Waals surface area contributed by atoms with Crippen LogP contribution in [0.1, 0.15) is 10.5 Å². The second-order valence-corrected chi connectivity index (χ2v) is 5.92. The predicted octanol–water partition coefficient (Wildman–Crippen LogP) is 2.40. The van der Waals surface area contributed by atoms with Crippen molar-refractivity contribution < 1.29 is 19.2 Å². The normalized spacial score (nSPS) is 10.8. The fraction of sp³-hybridized carbons (Fsp3) is 0.118. The predicted molar refractivity (Wildman–Crippen MR) is 95.7 cm³/mol. The molecule has 0 saturated heterocycles. The number of carboxylic acid groups (broad SMARTS) is 1. The minimum atomic E-state index is -1.53. The number of hydrogen-bond donors (Lipinski definition) is 2. The van der Waals surface area contributed by atoms with E-state index in [1.165, 1.54) is 18.2 Å². The number of halogens is 1. The van der Waals surface area contributed by atoms with Crippen molar-refractivity contribution in [1.29, 1.82) is 0 Å². The molecule has 0 aliphatic rings. The van der Waals surface area contributed by atoms with Crippen LogP contribution in [-0.4, -0.2) is 40.1 Å². The summed E-state index contributed by atoms with van der Waals surface area (Å²) in [5.41, 5.74) is -1.48. The Kier molecular flexibility index (Phi) is 4.32. The molecule has 0 aliphatic carbocycles. The van der Waals surface area contributed by atoms with Gasteiger partial charge in [-0.2, -0.15) is 0 Å². The third-order valence-corrected chi connectivity index (χ3v) is 3.95. The fourth-order valence-electron chi connectivity index (χ4n) is 2.69. The number of nitro groups is 1. The Bertz CT molecular complexity index is 1160. The molecule has 0 bridgehead atoms. The highest BCUT2D eigenvalue weighted by Crippen LogP contribution is 2.34. The van der Waals surface area contributed by atoms with Crippen LogP contribution < -0.4 is 10.5 Å². The summed E-state index contributed by atoms with van der Waals surface area (Å²) in [6.07, 6.45) is 0. The molecule has 2 aromatic carbocycles. The summed E-state index contributed by atoms with van der Waals surface area (Å²) in [6, 6.07) is 6.45. The third-order valence-electron chi connectivity index (χ3n) is 3.95. The van der Waals surface area contributed by atoms with E-state index < -0.39 is 28.0 Å². The molecule has 2 N–H and O–H groups in total. The number of hydrogen-bond acceptors (Lipinski definition) is 6. The highest BCUT2D eigenvalue weighted by Gasteiger charge is 2.21. The van der Waals surface area contributed by atoms with Crippen molar-refractivity contribution in [1.82, 2.24) is 9.97 Å². The van der Waals surface area contributed by atoms with E-state index in [2.05, 4.69) is 9.97 Å². The topological polar surface area (TPSA) is 129 Å². The minimum absolute atomic E-state index is 0.00540. The van der Waals surface area contributed by atoms with Crippen LogP contribution in [0.2, 0.25) is 0 Å². The first-order chi connectivity index (χ1) is 12.7. The molecule has 9 nitrogen and oxygen atoms in total. The van der Waals surface area contributed by atoms with E-state index in [0.29, 0.717) is 5.69 Å². The molecule has 0 aliphatic heterocycles. The van der Waals surface area contributed by atoms with Gasteiger partial charge < -0.3 is 15.0 Å². The van der Waals surface area contributed by atoms with E-state index in [0.717, 1.165) is 12.1 Å². The summed E-state index contributed by atoms with van der Waals surface area (Å²) in [6.45, 7) is 0. The van der Waals surface area contributed by atoms with Crippen molar-refractivity contribution >= 4 is 28.4 Å². The van der Waals surface area contributed by atoms with Crippen LogP contribution in [0.4, 0.5) is 15.8 Å². The first kappa shape index (κ1) is 18.0. The smallest absolute Gasteiger partial charge is 0.360 e. The van der Waals surface area contributed by atoms with Crippen molar-refractivity contribution in [3.63, 3.8) is 0 Å². The first-order valence-electron chi connectivity index (χ1n) is 7.62. The molecule has 3 rings (SSSR count). The Morgan fingerprint density at radius 3 is 2.56 bits per heavy atom. The number of nitrogens with one attached hydrogen (secondary N) is 1. The van der Waals surface area contributed by atoms with Gasteiger partial charge in [0.2, 0.25) is 5.69 Å². The number of carbonyl (C=O) groups is 1. The van der Waals surface area contributed by atoms with Crippen LogP contribution in [-0.2, 0) is 0 Å². The molecule has 3 aromatic rings. The van der Waals surface area contributed by atoms with Gasteiger partial charge in [-0.3, -0.25) is 14.9 Å². The lowest BCUT2D eigenvalue weighted by Gasteiger charge is -2.14. The Labute approximate surface area is 150 Å². The average molecular weight is 372 g/mol. The van der Waals surface area contributed by atoms with E-state index in [1.54, 1.807) is 19.0 Å². The summed E-state index contributed by atoms with van der Waals surface area (Å²) in [4.78, 5) is 41.2. The van der Waals surface area contributed by atoms with Crippen molar-refractivity contribution in [2.24, 2.45) is 0 Å². The maximum absolute atomic E-state index is 14.3. The number of aromatic carboxylic acids is 1. The minimum Gasteiger partial charge on any atom is -0.476 e. The second-order valence-electron chi connectivity index (χ2n) is 5.92. The van der Waals surface area contributed by atoms with Crippen molar-refractivity contribution in [2.45, 2.75) is 0 Å². The zero-order valence-corrected chi connectivity index (χ0v) is 14.2. The fourth-order valence-corrected chi connectivity index (χ4v) is 2.69. The van der Waals surface area contributed by atoms with Crippen molar-refractivity contribution in [3.05, 3.63) is 62.3 Å². The number of anilines is 1. The molecular formula is C17H13FN4O5. The molecule has 10 heteroatoms. The van der Waals surface area contributed by atoms with Crippen molar-refractivity contribution in [3.8, 4) is 11.1 Å². The van der Waals surface area contributed by atoms with E-state index in [-0.39, 0.29) is 27.8 Å². The third kappa shape index (κ3) is 3.19. The van der Waals surface area contributed by atoms with Gasteiger partial charge in [0.05, 0.1) is 27.2 Å². The molecule has 138 valence electrons. The lowest BCUT2D eigenvalue weighted by molar-refractivity contribution is -0.384. The maximum atomic E-state index is 14.3. The van der Waals surface area contributed by atoms with Gasteiger partial charge in [0.1, 0.15) is 5.82 Å². The number of nitro benzene ring substituents is 1. The molecule has 0 saturated carbocycles. The molecule has 27 heavy (non-hydrogen) atoms. The largest absolute Gasteiger partial charge is 0.476 e. The molecule has 0 unspecified atom stereocenters. The Morgan fingerprint density at radius 1 is 1.30 bits per heavy atom. The van der Waals surface area contributed by atoms with E-state index in [1.807, 2.05) is 0 Å². The number of H-pyrrole nitrogens is 1. The summed E-state index contributed by atoms with van der Waals surface area (Å²) >= 11 is 0. The van der Waals surface area contributed by atoms with Crippen LogP contribution in [0.15, 0.2) is 35.1 Å². The zero-order chi connectivity index (χ0) is 19.9. The van der Waals surface area contributed by atoms with Crippen LogP contribution >= 0.6 is 0 Å². The van der Waals surface area contributed by atoms with Crippen LogP contribution in [0.5, 0.6) is 0 Å². The van der Waals surface area contributed by atoms with E-state index in [9.17, 15) is 24.1 Å². The number of carboxylic acids is 1. The summed E-state index contributed by atoms with van der Waals surface area (Å²) in [5.74, 6) is -2.10. The summed E-state index contributed by atoms with van der Waals surface area (Å²) in [5, 5.41) is 20.5. The second kappa shape index (κ2) is 6.48. The Morgan fingerprint density at radius 2 is 2.00 bits per heavy atom. The van der Waals surface area contributed by atoms with Gasteiger partial charge in [-0.15, -0.1) is 0 Å². The van der Waals surface area contributed by atoms with Crippen LogP contribution in [0.3, 0.4) is 0 Å². The number of rotatable bonds is 4. The monoisotopic (exact) mass is 372 g/mol. The Balaban J connectivity index is 2.30. The van der Waals surface area contributed by atoms with Gasteiger partial charge in [-0.1, -0.05) is 6.07 Å². The van der Waals surface area contributed by atoms with Gasteiger partial charge in [0, 0.05) is 20.2 Å². The van der Waals surface area contributed by atoms with Gasteiger partial charge in [-0.25, -0.2) is 14.2 Å². The van der Waals surface area contributed by atoms with E-state index >= 15 is 0 Å². The molecule has 0 atom stereocenters. The molecule has 0 radical (unpaired) electrons. The maximum Gasteiger partial charge on any atom is 0.360 e. The van der Waals surface area contributed by atoms with Crippen LogP contribution in [0.25, 0.3) is 22.2 Å². The molecular weight excluding hydrogens is 359 g/mol. The SMILES string of the molecule is CN(C)c1ccc(-c2cc3nc(C(=O)O)c(=O)[nH]c3cc2[N+](=O)[O-])cc1F. The standard InChI is InChI=1S/C17H13FN4O5/c1-21(2)13-4-3-8(5-10(13)18)9-6-11-12(7-14(9)22(26)27)20-16(23)15(19-11)17(24)25/h3-7H,1-2H3,(H,20,23)(H,24,25). The molecule has 0 amide bonds. The van der Waals surface area contributed by atoms with Crippen LogP contribution in [0, 0.1) is 15.9 Å². The van der Waals surface area contributed by atoms with E-state index in [4.69, 9.17) is 5.11 Å². The molecule has 1 aromatic heterocycles. The first-order valence-corrected chi connectivity index (χ1v) is 7.62. The molecule has 0 spiro atoms. The number of aromatic amines is 1. The number of benzene rings is 2. The molecule has 1 heterocycles. The lowest BCUT2D eigenvalue weighted by Crippen LogP contribution is -2.19. The Hall–Kier alpha value is -3.82. The van der Waals surface area contributed by atoms with Gasteiger partial charge in [-0.05, 0) is 23.8 Å². The highest BCUT2D eigenvalue weighted by atomic mass is 19.1. The van der Waals surface area contributed by atoms with Gasteiger partial charge in [0.15, 0.2) is 0 Å². The molecule has 0 fully saturated rings. The van der Waals surface area contributed by atoms with Gasteiger partial charge >= 0.3 is 5.97 Å². The van der Waals surface area contributed by atoms with Crippen molar-refractivity contribution in [2.75, 3.05) is 19.0 Å². The highest BCUT2D eigenvalue weighted by molar-refractivity contribution is 5.91. The lowest BCUT2D eigenvalue weighted by atomic mass is 10.0. The quantitative estimate of drug-likeness (QED) is 0.531. The average Bonchev–Trinajstić information content (AvgIpc) is 2.59. The zero-order valence-electron chi connectivity index (χ0n) is 14.2. The number of nitrogens with zero attached hydrogens (tertiary/aromatic N) is 3.